The second-order valence-corrected chi connectivity index (χ2v) is 615. The van der Waals surface area contributed by atoms with Gasteiger partial charge in [0.05, 0.1) is 57.9 Å². The van der Waals surface area contributed by atoms with E-state index in [1.807, 2.05) is 52.0 Å². The van der Waals surface area contributed by atoms with Crippen LogP contribution in [0.5, 0.6) is 0 Å². The van der Waals surface area contributed by atoms with Crippen molar-refractivity contribution in [1.82, 2.24) is 20.4 Å². The van der Waals surface area contributed by atoms with E-state index in [1.54, 1.807) is 79.8 Å². The minimum absolute atomic E-state index is 0. The van der Waals surface area contributed by atoms with Gasteiger partial charge in [0.2, 0.25) is 0 Å². The topological polar surface area (TPSA) is 158 Å². The van der Waals surface area contributed by atoms with Crippen molar-refractivity contribution in [3.63, 3.8) is 0 Å². The second-order valence-electron chi connectivity index (χ2n) is 12.5. The van der Waals surface area contributed by atoms with Crippen molar-refractivity contribution >= 4 is 466 Å². The minimum Gasteiger partial charge on any atom is -0.478 e. The molecule has 0 radical (unpaired) electrons. The van der Waals surface area contributed by atoms with Gasteiger partial charge in [-0.15, -0.1) is 17.0 Å². The van der Waals surface area contributed by atoms with Crippen LogP contribution in [0.15, 0.2) is 117 Å². The van der Waals surface area contributed by atoms with E-state index in [0.29, 0.717) is 13.3 Å². The predicted octanol–water partition coefficient (Wildman–Crippen LogP) is 29.2. The third kappa shape index (κ3) is 39.6. The molecule has 5 aromatic rings. The normalized spacial score (nSPS) is 14.9. The van der Waals surface area contributed by atoms with Gasteiger partial charge < -0.3 is 23.9 Å². The zero-order chi connectivity index (χ0) is 57.4. The molecule has 0 amide bonds. The number of aromatic carboxylic acids is 2. The Balaban J connectivity index is 0.000000912. The summed E-state index contributed by atoms with van der Waals surface area (Å²) < 4.78 is 18.4. The van der Waals surface area contributed by atoms with Crippen molar-refractivity contribution in [3.05, 3.63) is 124 Å². The maximum Gasteiger partial charge on any atom is 0.335 e. The number of nitrogens with zero attached hydrogens (tertiary/aromatic N) is 4. The summed E-state index contributed by atoms with van der Waals surface area (Å²) in [7, 11) is -4.68. The van der Waals surface area contributed by atoms with Crippen LogP contribution in [0.25, 0.3) is 11.1 Å². The van der Waals surface area contributed by atoms with E-state index in [9.17, 15) is 9.59 Å². The Hall–Kier alpha value is 17.4. The van der Waals surface area contributed by atoms with E-state index in [2.05, 4.69) is 355 Å². The van der Waals surface area contributed by atoms with Crippen LogP contribution < -0.4 is 18.7 Å². The molecule has 0 spiro atoms. The Labute approximate surface area is 681 Å². The first-order valence-electron chi connectivity index (χ1n) is 17.5. The van der Waals surface area contributed by atoms with Crippen LogP contribution in [0.3, 0.4) is 0 Å². The maximum absolute atomic E-state index is 10.9. The van der Waals surface area contributed by atoms with Crippen LogP contribution in [0.1, 0.15) is 48.4 Å². The van der Waals surface area contributed by atoms with Gasteiger partial charge in [-0.05, 0) is 113 Å². The van der Waals surface area contributed by atoms with Crippen molar-refractivity contribution in [2.75, 3.05) is 0 Å². The molecule has 0 bridgehead atoms. The fourth-order valence-corrected chi connectivity index (χ4v) is 3570. The summed E-state index contributed by atoms with van der Waals surface area (Å²) in [6.45, 7) is 7.87. The Morgan fingerprint density at radius 2 is 0.987 bits per heavy atom. The Kier molecular flexibility index (Phi) is 65.5. The fourth-order valence-electron chi connectivity index (χ4n) is 3.88. The summed E-state index contributed by atoms with van der Waals surface area (Å²) in [6.07, 6.45) is 9.68. The monoisotopic (exact) mass is 4510 g/mol. The number of aromatic nitrogens is 4. The summed E-state index contributed by atoms with van der Waals surface area (Å²) in [5.74, 6) is -1.88. The predicted molar refractivity (Wildman–Crippen MR) is 583 cm³/mol. The molecule has 3 aromatic heterocycles. The number of carboxylic acids is 2. The molecule has 11 nitrogen and oxygen atoms in total. The summed E-state index contributed by atoms with van der Waals surface area (Å²) in [6, 6.07) is 18.8. The number of carbonyl (C=O) groups is 2. The van der Waals surface area contributed by atoms with Crippen LogP contribution in [-0.4, -0.2) is 60.9 Å². The van der Waals surface area contributed by atoms with Gasteiger partial charge in [0, 0.05) is 10.0 Å². The fraction of sp³-hybridized carbons (Fsp3) is 0.188. The standard InChI is InChI=1S/C13H17BO4.C11H8N2O2.C4H3BrN2.C4H3BrO.BrH.I15.I14/c1-12(2)13(3,4)18-14(17-12)10-7-5-6-9(8-10)11(15)16;14-11(15)9-3-1-2-8(6-9)10-4-5-12-13-7-10;5-4-1-2-6-7-3-4;5-4-1-2-6-3-4;;1-9-11(4)13(6)15(8)14(7)12(5)10(2)3;1-9(2)11(5)13(7)14(8)12(6)10(3)4/h5-8H,1-4H3,(H,15,16);1-7H,(H,14,15);1-3H;1-3H;1H;;/q;;;;;-1;. The van der Waals surface area contributed by atoms with Crippen molar-refractivity contribution in [3.8, 4) is 11.1 Å². The molecular formula is C32H32BBr3I29N4O7-. The average Bonchev–Trinajstić information content (AvgIpc) is 3.96. The van der Waals surface area contributed by atoms with Crippen LogP contribution in [0.2, 0.25) is 0 Å². The number of hydrogen-bond donors (Lipinski definition) is 2. The van der Waals surface area contributed by atoms with Crippen LogP contribution in [0, 0.1) is 0 Å². The van der Waals surface area contributed by atoms with Crippen molar-refractivity contribution in [2.24, 2.45) is 0 Å². The summed E-state index contributed by atoms with van der Waals surface area (Å²) >= 11 is 54.0. The number of rotatable bonds is 15. The molecule has 0 unspecified atom stereocenters. The van der Waals surface area contributed by atoms with E-state index >= 15 is 0 Å². The summed E-state index contributed by atoms with van der Waals surface area (Å²) in [5, 5.41) is 32.4. The molecule has 44 heteroatoms. The molecule has 2 aromatic carbocycles. The Morgan fingerprint density at radius 3 is 1.32 bits per heavy atom. The molecule has 1 aliphatic heterocycles. The Morgan fingerprint density at radius 1 is 0.553 bits per heavy atom. The van der Waals surface area contributed by atoms with Gasteiger partial charge in [0.1, 0.15) is 6.26 Å². The summed E-state index contributed by atoms with van der Waals surface area (Å²) in [4.78, 5) is 21.7. The quantitative estimate of drug-likeness (QED) is 0.0759. The molecule has 0 saturated carbocycles. The van der Waals surface area contributed by atoms with Gasteiger partial charge in [-0.3, -0.25) is 0 Å². The SMILES string of the molecule is Br.Brc1ccnnc1.Brc1ccoc1.CC1(C)OB(c2cccc(C(=O)O)c2)OC1(C)C.II(I)I(I)I(I)I(I)I(I)I(I)I.I[I-]I(I)I(I)I(I)I(I)I(I)I(I)I.O=C(O)c1cccc(-c2ccnnc2)c1. The number of furan rings is 1. The molecule has 450 valence electrons. The first-order chi connectivity index (χ1) is 34.9. The molecule has 1 aliphatic rings. The number of carboxylic acid groups (broad SMARTS) is 2. The molecule has 4 heterocycles. The molecular weight excluding hydrogens is 4480 g/mol. The largest absolute Gasteiger partial charge is 0.478 e. The van der Waals surface area contributed by atoms with Gasteiger partial charge in [0.25, 0.3) is 0 Å². The third-order valence-electron chi connectivity index (χ3n) is 7.58. The van der Waals surface area contributed by atoms with Crippen LogP contribution in [-0.2, 0) is 9.31 Å². The van der Waals surface area contributed by atoms with Crippen molar-refractivity contribution < 1.29 is 46.8 Å². The number of hydrogen-bond acceptors (Lipinski definition) is 9. The van der Waals surface area contributed by atoms with Crippen LogP contribution >= 0.6 is 441 Å². The van der Waals surface area contributed by atoms with E-state index in [1.165, 1.54) is 0 Å². The molecule has 76 heavy (non-hydrogen) atoms. The number of halogens is 32. The maximum atomic E-state index is 10.9. The molecule has 6 rings (SSSR count). The van der Waals surface area contributed by atoms with Gasteiger partial charge in [-0.2, -0.15) is 20.4 Å². The van der Waals surface area contributed by atoms with Gasteiger partial charge in [0.15, 0.2) is 0 Å². The van der Waals surface area contributed by atoms with Gasteiger partial charge >= 0.3 is 425 Å². The van der Waals surface area contributed by atoms with Crippen molar-refractivity contribution in [2.45, 2.75) is 38.9 Å². The Bertz CT molecular complexity index is 2370. The molecule has 1 saturated heterocycles. The first kappa shape index (κ1) is 93.4. The molecule has 1 fully saturated rings. The van der Waals surface area contributed by atoms with Crippen molar-refractivity contribution in [1.29, 1.82) is 0 Å². The van der Waals surface area contributed by atoms with Crippen LogP contribution in [0.4, 0.5) is 0 Å². The third-order valence-corrected chi connectivity index (χ3v) is 1740. The second kappa shape index (κ2) is 53.3. The zero-order valence-electron chi connectivity index (χ0n) is 36.7. The summed E-state index contributed by atoms with van der Waals surface area (Å²) in [5.41, 5.74) is 2.08. The zero-order valence-corrected chi connectivity index (χ0v) is 104. The smallest absolute Gasteiger partial charge is 0.335 e. The van der Waals surface area contributed by atoms with Gasteiger partial charge in [-0.25, -0.2) is 9.59 Å². The van der Waals surface area contributed by atoms with E-state index in [0.717, 1.165) is 25.5 Å². The minimum atomic E-state index is -0.951. The number of benzene rings is 2. The van der Waals surface area contributed by atoms with E-state index < -0.39 is 53.9 Å². The average molecular weight is 4520 g/mol. The first-order valence-corrected chi connectivity index (χ1v) is 189. The molecule has 0 atom stereocenters. The molecule has 0 aliphatic carbocycles. The van der Waals surface area contributed by atoms with E-state index in [4.69, 9.17) is 19.5 Å². The van der Waals surface area contributed by atoms with Gasteiger partial charge in [-0.1, -0.05) is 24.3 Å². The van der Waals surface area contributed by atoms with E-state index in [-0.39, 0.29) is 99.2 Å². The molecule has 2 N–H and O–H groups in total.